The van der Waals surface area contributed by atoms with Crippen LogP contribution in [0.25, 0.3) is 11.0 Å². The number of anilines is 1. The molecule has 7 heteroatoms. The summed E-state index contributed by atoms with van der Waals surface area (Å²) in [6.07, 6.45) is 4.74. The smallest absolute Gasteiger partial charge is 0.259 e. The van der Waals surface area contributed by atoms with Crippen LogP contribution >= 0.6 is 0 Å². The molecule has 0 saturated heterocycles. The zero-order chi connectivity index (χ0) is 13.4. The molecule has 0 aromatic carbocycles. The van der Waals surface area contributed by atoms with Gasteiger partial charge in [0.05, 0.1) is 11.3 Å². The predicted molar refractivity (Wildman–Crippen MR) is 69.8 cm³/mol. The second-order valence-corrected chi connectivity index (χ2v) is 4.20. The summed E-state index contributed by atoms with van der Waals surface area (Å²) >= 11 is 0. The number of amides is 1. The summed E-state index contributed by atoms with van der Waals surface area (Å²) < 4.78 is 1.69. The van der Waals surface area contributed by atoms with Crippen molar-refractivity contribution < 1.29 is 4.79 Å². The third-order valence-electron chi connectivity index (χ3n) is 2.86. The number of carbonyl (C=O) groups is 1. The van der Waals surface area contributed by atoms with Crippen LogP contribution in [0.3, 0.4) is 0 Å². The van der Waals surface area contributed by atoms with Crippen LogP contribution in [-0.2, 0) is 7.05 Å². The molecule has 0 aliphatic carbocycles. The Morgan fingerprint density at radius 2 is 2.26 bits per heavy atom. The van der Waals surface area contributed by atoms with E-state index in [9.17, 15) is 4.79 Å². The molecule has 1 amide bonds. The average molecular weight is 256 g/mol. The molecular formula is C12H12N6O. The summed E-state index contributed by atoms with van der Waals surface area (Å²) in [5.41, 5.74) is 2.07. The molecule has 19 heavy (non-hydrogen) atoms. The molecule has 3 aromatic heterocycles. The van der Waals surface area contributed by atoms with Crippen molar-refractivity contribution in [2.45, 2.75) is 6.92 Å². The maximum absolute atomic E-state index is 12.0. The largest absolute Gasteiger partial charge is 0.331 e. The molecule has 2 N–H and O–H groups in total. The number of nitrogens with zero attached hydrogens (tertiary/aromatic N) is 4. The first-order valence-corrected chi connectivity index (χ1v) is 5.75. The van der Waals surface area contributed by atoms with Gasteiger partial charge in [-0.2, -0.15) is 5.10 Å². The number of aryl methyl sites for hydroxylation is 2. The van der Waals surface area contributed by atoms with E-state index in [1.807, 2.05) is 14.0 Å². The normalized spacial score (nSPS) is 10.8. The molecule has 3 rings (SSSR count). The van der Waals surface area contributed by atoms with Gasteiger partial charge in [-0.1, -0.05) is 0 Å². The number of aromatic amines is 1. The summed E-state index contributed by atoms with van der Waals surface area (Å²) in [5.74, 6) is 0.153. The molecule has 0 aliphatic heterocycles. The summed E-state index contributed by atoms with van der Waals surface area (Å²) in [5, 5.41) is 7.80. The summed E-state index contributed by atoms with van der Waals surface area (Å²) in [6, 6.07) is 1.78. The van der Waals surface area contributed by atoms with Crippen LogP contribution in [0.15, 0.2) is 24.7 Å². The minimum atomic E-state index is -0.257. The van der Waals surface area contributed by atoms with Crippen molar-refractivity contribution in [1.82, 2.24) is 24.7 Å². The van der Waals surface area contributed by atoms with Crippen LogP contribution in [0.2, 0.25) is 0 Å². The fourth-order valence-corrected chi connectivity index (χ4v) is 1.95. The lowest BCUT2D eigenvalue weighted by Crippen LogP contribution is -2.13. The van der Waals surface area contributed by atoms with Crippen LogP contribution in [-0.4, -0.2) is 30.6 Å². The number of aromatic nitrogens is 5. The van der Waals surface area contributed by atoms with E-state index in [4.69, 9.17) is 0 Å². The van der Waals surface area contributed by atoms with Crippen LogP contribution in [0.1, 0.15) is 16.1 Å². The van der Waals surface area contributed by atoms with E-state index in [-0.39, 0.29) is 5.91 Å². The number of hydrogen-bond donors (Lipinski definition) is 2. The van der Waals surface area contributed by atoms with Gasteiger partial charge < -0.3 is 4.98 Å². The molecule has 0 atom stereocenters. The minimum absolute atomic E-state index is 0.257. The highest BCUT2D eigenvalue weighted by molar-refractivity contribution is 6.04. The second kappa shape index (κ2) is 4.20. The lowest BCUT2D eigenvalue weighted by molar-refractivity contribution is 0.102. The molecule has 3 aromatic rings. The lowest BCUT2D eigenvalue weighted by Gasteiger charge is -2.02. The van der Waals surface area contributed by atoms with Crippen molar-refractivity contribution in [1.29, 1.82) is 0 Å². The molecule has 0 bridgehead atoms. The van der Waals surface area contributed by atoms with E-state index >= 15 is 0 Å². The number of fused-ring (bicyclic) bond motifs is 1. The Morgan fingerprint density at radius 1 is 1.42 bits per heavy atom. The van der Waals surface area contributed by atoms with Gasteiger partial charge in [0.1, 0.15) is 0 Å². The highest BCUT2D eigenvalue weighted by atomic mass is 16.1. The number of imidazole rings is 1. The van der Waals surface area contributed by atoms with Crippen molar-refractivity contribution in [2.75, 3.05) is 5.32 Å². The number of hydrogen-bond acceptors (Lipinski definition) is 4. The molecular weight excluding hydrogens is 244 g/mol. The van der Waals surface area contributed by atoms with Crippen molar-refractivity contribution in [3.8, 4) is 0 Å². The number of nitrogens with one attached hydrogen (secondary N) is 2. The van der Waals surface area contributed by atoms with Crippen molar-refractivity contribution in [2.24, 2.45) is 7.05 Å². The van der Waals surface area contributed by atoms with E-state index < -0.39 is 0 Å². The van der Waals surface area contributed by atoms with E-state index in [1.54, 1.807) is 23.1 Å². The molecule has 0 saturated carbocycles. The molecule has 0 spiro atoms. The van der Waals surface area contributed by atoms with Crippen molar-refractivity contribution in [3.05, 3.63) is 35.9 Å². The molecule has 96 valence electrons. The van der Waals surface area contributed by atoms with Crippen molar-refractivity contribution >= 4 is 22.9 Å². The fourth-order valence-electron chi connectivity index (χ4n) is 1.95. The zero-order valence-electron chi connectivity index (χ0n) is 10.5. The maximum Gasteiger partial charge on any atom is 0.259 e. The van der Waals surface area contributed by atoms with Gasteiger partial charge in [0.15, 0.2) is 5.65 Å². The Bertz CT molecular complexity index is 743. The highest BCUT2D eigenvalue weighted by Crippen LogP contribution is 2.16. The summed E-state index contributed by atoms with van der Waals surface area (Å²) in [6.45, 7) is 1.89. The lowest BCUT2D eigenvalue weighted by atomic mass is 10.2. The monoisotopic (exact) mass is 256 g/mol. The maximum atomic E-state index is 12.0. The first kappa shape index (κ1) is 11.4. The van der Waals surface area contributed by atoms with Gasteiger partial charge in [-0.3, -0.25) is 14.8 Å². The Kier molecular flexibility index (Phi) is 2.52. The molecule has 0 unspecified atom stereocenters. The number of pyridine rings is 1. The Labute approximate surface area is 108 Å². The van der Waals surface area contributed by atoms with Gasteiger partial charge >= 0.3 is 0 Å². The summed E-state index contributed by atoms with van der Waals surface area (Å²) in [7, 11) is 1.82. The molecule has 0 radical (unpaired) electrons. The predicted octanol–water partition coefficient (Wildman–Crippen LogP) is 1.25. The highest BCUT2D eigenvalue weighted by Gasteiger charge is 2.12. The molecule has 7 nitrogen and oxygen atoms in total. The minimum Gasteiger partial charge on any atom is -0.331 e. The Morgan fingerprint density at radius 3 is 3.00 bits per heavy atom. The van der Waals surface area contributed by atoms with Gasteiger partial charge in [0.25, 0.3) is 5.91 Å². The van der Waals surface area contributed by atoms with Gasteiger partial charge in [0, 0.05) is 31.0 Å². The third kappa shape index (κ3) is 1.95. The van der Waals surface area contributed by atoms with E-state index in [0.717, 1.165) is 16.7 Å². The molecule has 0 fully saturated rings. The Balaban J connectivity index is 1.97. The van der Waals surface area contributed by atoms with Gasteiger partial charge in [-0.05, 0) is 13.0 Å². The van der Waals surface area contributed by atoms with Gasteiger partial charge in [-0.25, -0.2) is 9.97 Å². The SMILES string of the molecule is Cc1nn(C)c2ncc(C(=O)Nc3ncc[nH]3)cc12. The second-order valence-electron chi connectivity index (χ2n) is 4.20. The van der Waals surface area contributed by atoms with Gasteiger partial charge in [-0.15, -0.1) is 0 Å². The van der Waals surface area contributed by atoms with Crippen LogP contribution in [0.5, 0.6) is 0 Å². The summed E-state index contributed by atoms with van der Waals surface area (Å²) in [4.78, 5) is 23.0. The number of rotatable bonds is 2. The standard InChI is InChI=1S/C12H12N6O/c1-7-9-5-8(6-15-10(9)18(2)17-7)11(19)16-12-13-3-4-14-12/h3-6H,1-2H3,(H2,13,14,16,19). The van der Waals surface area contributed by atoms with Crippen LogP contribution in [0.4, 0.5) is 5.95 Å². The third-order valence-corrected chi connectivity index (χ3v) is 2.86. The first-order valence-electron chi connectivity index (χ1n) is 5.75. The first-order chi connectivity index (χ1) is 9.15. The molecule has 3 heterocycles. The van der Waals surface area contributed by atoms with Gasteiger partial charge in [0.2, 0.25) is 5.95 Å². The topological polar surface area (TPSA) is 88.5 Å². The van der Waals surface area contributed by atoms with E-state index in [1.165, 1.54) is 6.20 Å². The average Bonchev–Trinajstić information content (AvgIpc) is 2.99. The van der Waals surface area contributed by atoms with Crippen LogP contribution < -0.4 is 5.32 Å². The fraction of sp³-hybridized carbons (Fsp3) is 0.167. The van der Waals surface area contributed by atoms with E-state index in [2.05, 4.69) is 25.4 Å². The van der Waals surface area contributed by atoms with Crippen molar-refractivity contribution in [3.63, 3.8) is 0 Å². The van der Waals surface area contributed by atoms with Crippen LogP contribution in [0, 0.1) is 6.92 Å². The number of carbonyl (C=O) groups excluding carboxylic acids is 1. The van der Waals surface area contributed by atoms with E-state index in [0.29, 0.717) is 11.5 Å². The number of H-pyrrole nitrogens is 1. The quantitative estimate of drug-likeness (QED) is 0.722. The Hall–Kier alpha value is -2.70. The zero-order valence-corrected chi connectivity index (χ0v) is 10.5. The molecule has 0 aliphatic rings.